The van der Waals surface area contributed by atoms with E-state index in [1.54, 1.807) is 0 Å². The van der Waals surface area contributed by atoms with Crippen molar-refractivity contribution in [3.63, 3.8) is 0 Å². The lowest BCUT2D eigenvalue weighted by molar-refractivity contribution is 0.177. The summed E-state index contributed by atoms with van der Waals surface area (Å²) in [5.74, 6) is 0.559. The van der Waals surface area contributed by atoms with E-state index < -0.39 is 0 Å². The average molecular weight is 183 g/mol. The predicted octanol–water partition coefficient (Wildman–Crippen LogP) is 2.67. The van der Waals surface area contributed by atoms with E-state index in [0.717, 1.165) is 26.1 Å². The van der Waals surface area contributed by atoms with Crippen molar-refractivity contribution < 1.29 is 4.74 Å². The second kappa shape index (κ2) is 4.23. The molecule has 76 valence electrons. The summed E-state index contributed by atoms with van der Waals surface area (Å²) >= 11 is 0. The van der Waals surface area contributed by atoms with Gasteiger partial charge in [-0.15, -0.1) is 0 Å². The average Bonchev–Trinajstić information content (AvgIpc) is 2.54. The third-order valence-corrected chi connectivity index (χ3v) is 2.99. The van der Waals surface area contributed by atoms with Gasteiger partial charge >= 0.3 is 0 Å². The maximum atomic E-state index is 5.42. The zero-order valence-corrected chi connectivity index (χ0v) is 9.26. The summed E-state index contributed by atoms with van der Waals surface area (Å²) in [7, 11) is 0. The molecule has 0 spiro atoms. The molecular weight excluding hydrogens is 162 g/mol. The predicted molar refractivity (Wildman–Crippen MR) is 56.4 cm³/mol. The topological polar surface area (TPSA) is 21.6 Å². The minimum absolute atomic E-state index is 0.106. The smallest absolute Gasteiger partial charge is 0.0859 e. The van der Waals surface area contributed by atoms with E-state index in [0.29, 0.717) is 5.92 Å². The number of aliphatic imine (C=N–C) groups is 1. The maximum absolute atomic E-state index is 5.42. The molecule has 0 saturated carbocycles. The standard InChI is InChI=1S/C11H21NO/c1-5-11(6-7-13-8-11)12-10(4)9(2)3/h9H,5-8H2,1-4H3/b12-10+. The van der Waals surface area contributed by atoms with Crippen LogP contribution in [-0.4, -0.2) is 24.5 Å². The van der Waals surface area contributed by atoms with Crippen LogP contribution >= 0.6 is 0 Å². The highest BCUT2D eigenvalue weighted by atomic mass is 16.5. The summed E-state index contributed by atoms with van der Waals surface area (Å²) < 4.78 is 5.42. The van der Waals surface area contributed by atoms with Crippen molar-refractivity contribution in [2.45, 2.75) is 46.1 Å². The van der Waals surface area contributed by atoms with E-state index in [-0.39, 0.29) is 5.54 Å². The van der Waals surface area contributed by atoms with Crippen LogP contribution in [0.3, 0.4) is 0 Å². The number of hydrogen-bond acceptors (Lipinski definition) is 2. The van der Waals surface area contributed by atoms with Crippen LogP contribution in [0, 0.1) is 5.92 Å². The number of rotatable bonds is 3. The van der Waals surface area contributed by atoms with Crippen LogP contribution in [-0.2, 0) is 4.74 Å². The molecule has 1 atom stereocenters. The van der Waals surface area contributed by atoms with Gasteiger partial charge in [-0.3, -0.25) is 4.99 Å². The fourth-order valence-electron chi connectivity index (χ4n) is 1.55. The van der Waals surface area contributed by atoms with Crippen LogP contribution < -0.4 is 0 Å². The van der Waals surface area contributed by atoms with Gasteiger partial charge in [0.1, 0.15) is 0 Å². The largest absolute Gasteiger partial charge is 0.379 e. The fourth-order valence-corrected chi connectivity index (χ4v) is 1.55. The summed E-state index contributed by atoms with van der Waals surface area (Å²) in [4.78, 5) is 4.82. The van der Waals surface area contributed by atoms with Gasteiger partial charge in [0.2, 0.25) is 0 Å². The van der Waals surface area contributed by atoms with Gasteiger partial charge in [-0.05, 0) is 25.7 Å². The minimum Gasteiger partial charge on any atom is -0.379 e. The Labute approximate surface area is 81.4 Å². The van der Waals surface area contributed by atoms with Crippen molar-refractivity contribution >= 4 is 5.71 Å². The zero-order chi connectivity index (χ0) is 9.90. The highest BCUT2D eigenvalue weighted by Gasteiger charge is 2.32. The molecule has 0 aromatic rings. The van der Waals surface area contributed by atoms with Crippen molar-refractivity contribution in [1.82, 2.24) is 0 Å². The highest BCUT2D eigenvalue weighted by Crippen LogP contribution is 2.27. The van der Waals surface area contributed by atoms with E-state index in [4.69, 9.17) is 9.73 Å². The highest BCUT2D eigenvalue weighted by molar-refractivity contribution is 5.84. The number of nitrogens with zero attached hydrogens (tertiary/aromatic N) is 1. The molecule has 1 aliphatic rings. The van der Waals surface area contributed by atoms with E-state index in [2.05, 4.69) is 27.7 Å². The second-order valence-electron chi connectivity index (χ2n) is 4.29. The van der Waals surface area contributed by atoms with E-state index >= 15 is 0 Å². The molecule has 2 nitrogen and oxygen atoms in total. The SMILES string of the molecule is CCC1(/N=C(\C)C(C)C)CCOC1. The minimum atomic E-state index is 0.106. The molecule has 0 N–H and O–H groups in total. The normalized spacial score (nSPS) is 30.1. The molecule has 0 aromatic carbocycles. The van der Waals surface area contributed by atoms with Crippen LogP contribution in [0.2, 0.25) is 0 Å². The monoisotopic (exact) mass is 183 g/mol. The second-order valence-corrected chi connectivity index (χ2v) is 4.29. The first-order valence-corrected chi connectivity index (χ1v) is 5.24. The molecule has 1 unspecified atom stereocenters. The summed E-state index contributed by atoms with van der Waals surface area (Å²) in [6, 6.07) is 0. The third kappa shape index (κ3) is 2.53. The molecule has 2 heteroatoms. The van der Waals surface area contributed by atoms with Crippen LogP contribution in [0.25, 0.3) is 0 Å². The first-order chi connectivity index (χ1) is 6.09. The van der Waals surface area contributed by atoms with E-state index in [9.17, 15) is 0 Å². The lowest BCUT2D eigenvalue weighted by atomic mass is 9.95. The Balaban J connectivity index is 2.72. The quantitative estimate of drug-likeness (QED) is 0.616. The Morgan fingerprint density at radius 1 is 1.54 bits per heavy atom. The van der Waals surface area contributed by atoms with Crippen molar-refractivity contribution in [2.24, 2.45) is 10.9 Å². The van der Waals surface area contributed by atoms with Gasteiger partial charge in [-0.1, -0.05) is 20.8 Å². The summed E-state index contributed by atoms with van der Waals surface area (Å²) in [5, 5.41) is 0. The van der Waals surface area contributed by atoms with Gasteiger partial charge in [0.25, 0.3) is 0 Å². The molecule has 0 radical (unpaired) electrons. The van der Waals surface area contributed by atoms with Crippen LogP contribution in [0.4, 0.5) is 0 Å². The molecule has 0 aliphatic carbocycles. The van der Waals surface area contributed by atoms with Crippen molar-refractivity contribution in [3.05, 3.63) is 0 Å². The molecule has 0 amide bonds. The lowest BCUT2D eigenvalue weighted by Crippen LogP contribution is -2.27. The maximum Gasteiger partial charge on any atom is 0.0859 e. The van der Waals surface area contributed by atoms with Gasteiger partial charge in [-0.2, -0.15) is 0 Å². The summed E-state index contributed by atoms with van der Waals surface area (Å²) in [6.45, 7) is 10.4. The number of ether oxygens (including phenoxy) is 1. The Morgan fingerprint density at radius 2 is 2.23 bits per heavy atom. The van der Waals surface area contributed by atoms with Crippen molar-refractivity contribution in [2.75, 3.05) is 13.2 Å². The summed E-state index contributed by atoms with van der Waals surface area (Å²) in [6.07, 6.45) is 2.19. The van der Waals surface area contributed by atoms with Gasteiger partial charge in [0.15, 0.2) is 0 Å². The number of hydrogen-bond donors (Lipinski definition) is 0. The molecule has 1 heterocycles. The van der Waals surface area contributed by atoms with Gasteiger partial charge in [0, 0.05) is 12.3 Å². The first kappa shape index (κ1) is 10.7. The van der Waals surface area contributed by atoms with Crippen LogP contribution in [0.15, 0.2) is 4.99 Å². The van der Waals surface area contributed by atoms with Gasteiger partial charge < -0.3 is 4.74 Å². The Morgan fingerprint density at radius 3 is 2.62 bits per heavy atom. The third-order valence-electron chi connectivity index (χ3n) is 2.99. The van der Waals surface area contributed by atoms with Crippen molar-refractivity contribution in [1.29, 1.82) is 0 Å². The summed E-state index contributed by atoms with van der Waals surface area (Å²) in [5.41, 5.74) is 1.36. The van der Waals surface area contributed by atoms with Crippen LogP contribution in [0.1, 0.15) is 40.5 Å². The zero-order valence-electron chi connectivity index (χ0n) is 9.26. The van der Waals surface area contributed by atoms with Gasteiger partial charge in [0.05, 0.1) is 12.1 Å². The molecular formula is C11H21NO. The molecule has 0 bridgehead atoms. The van der Waals surface area contributed by atoms with Crippen LogP contribution in [0.5, 0.6) is 0 Å². The lowest BCUT2D eigenvalue weighted by Gasteiger charge is -2.22. The molecule has 1 rings (SSSR count). The molecule has 1 aliphatic heterocycles. The Hall–Kier alpha value is -0.370. The molecule has 13 heavy (non-hydrogen) atoms. The van der Waals surface area contributed by atoms with Gasteiger partial charge in [-0.25, -0.2) is 0 Å². The van der Waals surface area contributed by atoms with Crippen molar-refractivity contribution in [3.8, 4) is 0 Å². The Bertz CT molecular complexity index is 190. The fraction of sp³-hybridized carbons (Fsp3) is 0.909. The molecule has 0 aromatic heterocycles. The molecule has 1 saturated heterocycles. The first-order valence-electron chi connectivity index (χ1n) is 5.24. The van der Waals surface area contributed by atoms with E-state index in [1.165, 1.54) is 5.71 Å². The Kier molecular flexibility index (Phi) is 3.48. The molecule has 1 fully saturated rings. The van der Waals surface area contributed by atoms with E-state index in [1.807, 2.05) is 0 Å².